The van der Waals surface area contributed by atoms with E-state index in [2.05, 4.69) is 20.4 Å². The molecular formula is C12H11N3O4. The van der Waals surface area contributed by atoms with Crippen molar-refractivity contribution in [3.05, 3.63) is 35.9 Å². The van der Waals surface area contributed by atoms with Gasteiger partial charge in [-0.25, -0.2) is 9.79 Å². The number of rotatable bonds is 3. The Morgan fingerprint density at radius 2 is 1.74 bits per heavy atom. The van der Waals surface area contributed by atoms with Gasteiger partial charge in [-0.3, -0.25) is 20.2 Å². The minimum absolute atomic E-state index is 0.0609. The second-order valence-corrected chi connectivity index (χ2v) is 3.72. The first kappa shape index (κ1) is 12.7. The topological polar surface area (TPSA) is 96.9 Å². The number of ether oxygens (including phenoxy) is 1. The average molecular weight is 261 g/mol. The van der Waals surface area contributed by atoms with E-state index in [9.17, 15) is 14.4 Å². The van der Waals surface area contributed by atoms with Crippen molar-refractivity contribution >= 4 is 23.7 Å². The number of guanidine groups is 1. The van der Waals surface area contributed by atoms with Crippen LogP contribution in [0.1, 0.15) is 11.6 Å². The molecule has 7 nitrogen and oxygen atoms in total. The standard InChI is InChI=1S/C12H11N3O4/c1-19-11(18)8(7-5-3-2-4-6-7)13-12-14-9(16)10(17)15-12/h2-6,8H,1H3,(H2,13,14,15,16,17). The molecule has 0 bridgehead atoms. The first-order chi connectivity index (χ1) is 9.11. The molecule has 1 fully saturated rings. The number of benzene rings is 1. The molecule has 1 heterocycles. The second kappa shape index (κ2) is 5.30. The molecule has 1 aliphatic heterocycles. The smallest absolute Gasteiger partial charge is 0.335 e. The molecule has 2 rings (SSSR count). The van der Waals surface area contributed by atoms with Crippen molar-refractivity contribution in [2.45, 2.75) is 6.04 Å². The van der Waals surface area contributed by atoms with Crippen LogP contribution in [-0.2, 0) is 19.1 Å². The Kier molecular flexibility index (Phi) is 3.56. The van der Waals surface area contributed by atoms with Crippen LogP contribution in [0.5, 0.6) is 0 Å². The van der Waals surface area contributed by atoms with Crippen LogP contribution in [0.15, 0.2) is 35.3 Å². The van der Waals surface area contributed by atoms with Crippen LogP contribution in [0.4, 0.5) is 0 Å². The average Bonchev–Trinajstić information content (AvgIpc) is 2.75. The Balaban J connectivity index is 2.30. The molecule has 1 aliphatic rings. The van der Waals surface area contributed by atoms with Gasteiger partial charge in [0.1, 0.15) is 0 Å². The van der Waals surface area contributed by atoms with Crippen LogP contribution in [0.3, 0.4) is 0 Å². The first-order valence-corrected chi connectivity index (χ1v) is 5.44. The summed E-state index contributed by atoms with van der Waals surface area (Å²) >= 11 is 0. The zero-order chi connectivity index (χ0) is 13.8. The lowest BCUT2D eigenvalue weighted by Gasteiger charge is -2.11. The molecule has 0 radical (unpaired) electrons. The van der Waals surface area contributed by atoms with Gasteiger partial charge in [-0.2, -0.15) is 0 Å². The van der Waals surface area contributed by atoms with Gasteiger partial charge in [0.05, 0.1) is 7.11 Å². The number of hydrogen-bond donors (Lipinski definition) is 2. The monoisotopic (exact) mass is 261 g/mol. The van der Waals surface area contributed by atoms with E-state index in [0.29, 0.717) is 5.56 Å². The van der Waals surface area contributed by atoms with E-state index in [-0.39, 0.29) is 5.96 Å². The lowest BCUT2D eigenvalue weighted by Crippen LogP contribution is -2.28. The predicted octanol–water partition coefficient (Wildman–Crippen LogP) is -0.497. The van der Waals surface area contributed by atoms with Crippen LogP contribution in [0.2, 0.25) is 0 Å². The molecule has 98 valence electrons. The maximum atomic E-state index is 11.7. The SMILES string of the molecule is COC(=O)C(N=C1NC(=O)C(=O)N1)c1ccccc1. The number of methoxy groups -OCH3 is 1. The van der Waals surface area contributed by atoms with E-state index in [1.54, 1.807) is 30.3 Å². The number of amides is 2. The van der Waals surface area contributed by atoms with Gasteiger partial charge < -0.3 is 4.74 Å². The van der Waals surface area contributed by atoms with Gasteiger partial charge in [-0.15, -0.1) is 0 Å². The number of aliphatic imine (C=N–C) groups is 1. The highest BCUT2D eigenvalue weighted by Gasteiger charge is 2.28. The van der Waals surface area contributed by atoms with Crippen molar-refractivity contribution in [1.29, 1.82) is 0 Å². The Morgan fingerprint density at radius 3 is 2.26 bits per heavy atom. The summed E-state index contributed by atoms with van der Waals surface area (Å²) in [4.78, 5) is 37.7. The molecule has 7 heteroatoms. The summed E-state index contributed by atoms with van der Waals surface area (Å²) in [5.74, 6) is -2.27. The lowest BCUT2D eigenvalue weighted by atomic mass is 10.1. The van der Waals surface area contributed by atoms with Crippen molar-refractivity contribution in [2.75, 3.05) is 7.11 Å². The van der Waals surface area contributed by atoms with Gasteiger partial charge in [0.25, 0.3) is 0 Å². The third-order valence-electron chi connectivity index (χ3n) is 2.47. The summed E-state index contributed by atoms with van der Waals surface area (Å²) in [5.41, 5.74) is 0.595. The van der Waals surface area contributed by atoms with E-state index in [4.69, 9.17) is 0 Å². The van der Waals surface area contributed by atoms with Crippen molar-refractivity contribution in [3.8, 4) is 0 Å². The maximum absolute atomic E-state index is 11.7. The van der Waals surface area contributed by atoms with Crippen molar-refractivity contribution in [2.24, 2.45) is 4.99 Å². The molecule has 0 aromatic heterocycles. The quantitative estimate of drug-likeness (QED) is 0.566. The van der Waals surface area contributed by atoms with E-state index >= 15 is 0 Å². The van der Waals surface area contributed by atoms with Crippen LogP contribution >= 0.6 is 0 Å². The molecule has 1 aromatic rings. The van der Waals surface area contributed by atoms with Gasteiger partial charge in [-0.1, -0.05) is 30.3 Å². The van der Waals surface area contributed by atoms with Crippen LogP contribution in [0, 0.1) is 0 Å². The fourth-order valence-electron chi connectivity index (χ4n) is 1.56. The zero-order valence-electron chi connectivity index (χ0n) is 10.0. The molecule has 0 aliphatic carbocycles. The predicted molar refractivity (Wildman–Crippen MR) is 64.9 cm³/mol. The first-order valence-electron chi connectivity index (χ1n) is 5.44. The summed E-state index contributed by atoms with van der Waals surface area (Å²) in [5, 5.41) is 4.45. The summed E-state index contributed by atoms with van der Waals surface area (Å²) in [6.07, 6.45) is 0. The number of carbonyl (C=O) groups excluding carboxylic acids is 3. The highest BCUT2D eigenvalue weighted by molar-refractivity contribution is 6.45. The minimum atomic E-state index is -0.945. The largest absolute Gasteiger partial charge is 0.467 e. The van der Waals surface area contributed by atoms with Crippen LogP contribution < -0.4 is 10.6 Å². The molecule has 1 saturated heterocycles. The fraction of sp³-hybridized carbons (Fsp3) is 0.167. The van der Waals surface area contributed by atoms with Crippen LogP contribution in [0.25, 0.3) is 0 Å². The van der Waals surface area contributed by atoms with Gasteiger partial charge in [0, 0.05) is 0 Å². The second-order valence-electron chi connectivity index (χ2n) is 3.72. The van der Waals surface area contributed by atoms with Gasteiger partial charge in [-0.05, 0) is 5.56 Å². The molecule has 2 amide bonds. The normalized spacial score (nSPS) is 15.5. The van der Waals surface area contributed by atoms with Crippen molar-refractivity contribution in [3.63, 3.8) is 0 Å². The summed E-state index contributed by atoms with van der Waals surface area (Å²) in [6.45, 7) is 0. The molecule has 2 N–H and O–H groups in total. The number of nitrogens with zero attached hydrogens (tertiary/aromatic N) is 1. The van der Waals surface area contributed by atoms with E-state index in [1.165, 1.54) is 7.11 Å². The van der Waals surface area contributed by atoms with Crippen molar-refractivity contribution in [1.82, 2.24) is 10.6 Å². The molecule has 1 unspecified atom stereocenters. The highest BCUT2D eigenvalue weighted by Crippen LogP contribution is 2.18. The molecule has 19 heavy (non-hydrogen) atoms. The molecular weight excluding hydrogens is 250 g/mol. The number of nitrogens with one attached hydrogen (secondary N) is 2. The number of carbonyl (C=O) groups is 3. The Hall–Kier alpha value is -2.70. The maximum Gasteiger partial charge on any atom is 0.335 e. The van der Waals surface area contributed by atoms with E-state index < -0.39 is 23.8 Å². The molecule has 1 aromatic carbocycles. The Labute approximate surface area is 108 Å². The van der Waals surface area contributed by atoms with Crippen LogP contribution in [-0.4, -0.2) is 30.9 Å². The fourth-order valence-corrected chi connectivity index (χ4v) is 1.56. The third kappa shape index (κ3) is 2.76. The van der Waals surface area contributed by atoms with E-state index in [1.807, 2.05) is 0 Å². The van der Waals surface area contributed by atoms with Gasteiger partial charge >= 0.3 is 17.8 Å². The minimum Gasteiger partial charge on any atom is -0.467 e. The van der Waals surface area contributed by atoms with Gasteiger partial charge in [0.15, 0.2) is 6.04 Å². The molecule has 0 spiro atoms. The lowest BCUT2D eigenvalue weighted by molar-refractivity contribution is -0.142. The number of esters is 1. The van der Waals surface area contributed by atoms with Gasteiger partial charge in [0.2, 0.25) is 5.96 Å². The zero-order valence-corrected chi connectivity index (χ0v) is 10.0. The van der Waals surface area contributed by atoms with E-state index in [0.717, 1.165) is 0 Å². The molecule has 1 atom stereocenters. The summed E-state index contributed by atoms with van der Waals surface area (Å²) in [6, 6.07) is 7.74. The Morgan fingerprint density at radius 1 is 1.16 bits per heavy atom. The summed E-state index contributed by atoms with van der Waals surface area (Å²) in [7, 11) is 1.24. The number of hydrogen-bond acceptors (Lipinski definition) is 5. The van der Waals surface area contributed by atoms with Crippen molar-refractivity contribution < 1.29 is 19.1 Å². The highest BCUT2D eigenvalue weighted by atomic mass is 16.5. The summed E-state index contributed by atoms with van der Waals surface area (Å²) < 4.78 is 4.66. The molecule has 0 saturated carbocycles. The Bertz CT molecular complexity index is 535. The third-order valence-corrected chi connectivity index (χ3v) is 2.47.